The number of carboxylic acid groups (broad SMARTS) is 1. The molecule has 7 nitrogen and oxygen atoms in total. The van der Waals surface area contributed by atoms with E-state index >= 15 is 0 Å². The molecule has 0 atom stereocenters. The first kappa shape index (κ1) is 14.4. The SMILES string of the molecule is CC(=O)NNC(=O)COc1ccc(F)cc1C(=O)O. The lowest BCUT2D eigenvalue weighted by Crippen LogP contribution is -2.42. The normalized spacial score (nSPS) is 9.58. The summed E-state index contributed by atoms with van der Waals surface area (Å²) in [4.78, 5) is 32.5. The number of hydrogen-bond acceptors (Lipinski definition) is 4. The highest BCUT2D eigenvalue weighted by atomic mass is 19.1. The summed E-state index contributed by atoms with van der Waals surface area (Å²) in [5.41, 5.74) is 3.66. The minimum absolute atomic E-state index is 0.146. The van der Waals surface area contributed by atoms with Gasteiger partial charge in [0.25, 0.3) is 5.91 Å². The van der Waals surface area contributed by atoms with Gasteiger partial charge >= 0.3 is 5.97 Å². The van der Waals surface area contributed by atoms with Crippen molar-refractivity contribution in [2.75, 3.05) is 6.61 Å². The van der Waals surface area contributed by atoms with Crippen molar-refractivity contribution in [2.45, 2.75) is 6.92 Å². The number of carbonyl (C=O) groups excluding carboxylic acids is 2. The third-order valence-electron chi connectivity index (χ3n) is 1.91. The van der Waals surface area contributed by atoms with E-state index in [0.717, 1.165) is 18.2 Å². The Hall–Kier alpha value is -2.64. The van der Waals surface area contributed by atoms with Crippen molar-refractivity contribution in [1.82, 2.24) is 10.9 Å². The van der Waals surface area contributed by atoms with Crippen LogP contribution in [0, 0.1) is 5.82 Å². The Morgan fingerprint density at radius 3 is 2.58 bits per heavy atom. The molecule has 1 aromatic carbocycles. The fourth-order valence-electron chi connectivity index (χ4n) is 1.13. The molecule has 1 aromatic rings. The predicted molar refractivity (Wildman–Crippen MR) is 60.8 cm³/mol. The highest BCUT2D eigenvalue weighted by molar-refractivity contribution is 5.91. The second-order valence-electron chi connectivity index (χ2n) is 3.46. The van der Waals surface area contributed by atoms with Crippen molar-refractivity contribution in [3.05, 3.63) is 29.6 Å². The van der Waals surface area contributed by atoms with Gasteiger partial charge in [-0.2, -0.15) is 0 Å². The molecule has 0 aliphatic heterocycles. The average Bonchev–Trinajstić information content (AvgIpc) is 2.34. The van der Waals surface area contributed by atoms with Crippen molar-refractivity contribution >= 4 is 17.8 Å². The second kappa shape index (κ2) is 6.34. The molecule has 2 amide bonds. The molecule has 3 N–H and O–H groups in total. The van der Waals surface area contributed by atoms with Crippen LogP contribution in [-0.4, -0.2) is 29.5 Å². The van der Waals surface area contributed by atoms with Crippen LogP contribution in [0.4, 0.5) is 4.39 Å². The maximum atomic E-state index is 12.9. The Labute approximate surface area is 107 Å². The third-order valence-corrected chi connectivity index (χ3v) is 1.91. The van der Waals surface area contributed by atoms with Crippen LogP contribution in [0.25, 0.3) is 0 Å². The number of hydrazine groups is 1. The molecule has 0 fully saturated rings. The van der Waals surface area contributed by atoms with Crippen LogP contribution in [0.1, 0.15) is 17.3 Å². The van der Waals surface area contributed by atoms with E-state index in [0.29, 0.717) is 0 Å². The van der Waals surface area contributed by atoms with Gasteiger partial charge in [0.1, 0.15) is 17.1 Å². The lowest BCUT2D eigenvalue weighted by Gasteiger charge is -2.09. The Morgan fingerprint density at radius 2 is 2.00 bits per heavy atom. The third kappa shape index (κ3) is 4.62. The molecule has 0 aromatic heterocycles. The zero-order valence-corrected chi connectivity index (χ0v) is 9.90. The van der Waals surface area contributed by atoms with Gasteiger partial charge in [-0.15, -0.1) is 0 Å². The largest absolute Gasteiger partial charge is 0.483 e. The summed E-state index contributed by atoms with van der Waals surface area (Å²) in [6, 6.07) is 2.89. The first-order valence-electron chi connectivity index (χ1n) is 5.11. The summed E-state index contributed by atoms with van der Waals surface area (Å²) in [5, 5.41) is 8.83. The standard InChI is InChI=1S/C11H11FN2O5/c1-6(15)13-14-10(16)5-19-9-3-2-7(12)4-8(9)11(17)18/h2-4H,5H2,1H3,(H,13,15)(H,14,16)(H,17,18). The van der Waals surface area contributed by atoms with Crippen LogP contribution >= 0.6 is 0 Å². The summed E-state index contributed by atoms with van der Waals surface area (Å²) in [5.74, 6) is -3.41. The van der Waals surface area contributed by atoms with Gasteiger partial charge in [-0.1, -0.05) is 0 Å². The van der Waals surface area contributed by atoms with E-state index in [1.54, 1.807) is 0 Å². The van der Waals surface area contributed by atoms with Gasteiger partial charge in [0.2, 0.25) is 5.91 Å². The quantitative estimate of drug-likeness (QED) is 0.671. The summed E-state index contributed by atoms with van der Waals surface area (Å²) < 4.78 is 17.8. The fraction of sp³-hybridized carbons (Fsp3) is 0.182. The molecule has 0 bridgehead atoms. The van der Waals surface area contributed by atoms with Gasteiger partial charge in [-0.05, 0) is 18.2 Å². The molecule has 0 saturated carbocycles. The number of aromatic carboxylic acids is 1. The second-order valence-corrected chi connectivity index (χ2v) is 3.46. The molecular weight excluding hydrogens is 259 g/mol. The highest BCUT2D eigenvalue weighted by Gasteiger charge is 2.13. The molecule has 19 heavy (non-hydrogen) atoms. The molecule has 0 heterocycles. The maximum Gasteiger partial charge on any atom is 0.339 e. The van der Waals surface area contributed by atoms with Crippen LogP contribution in [0.5, 0.6) is 5.75 Å². The lowest BCUT2D eigenvalue weighted by atomic mass is 10.2. The van der Waals surface area contributed by atoms with Crippen LogP contribution in [-0.2, 0) is 9.59 Å². The van der Waals surface area contributed by atoms with Gasteiger partial charge < -0.3 is 9.84 Å². The summed E-state index contributed by atoms with van der Waals surface area (Å²) in [6.45, 7) is 0.676. The number of rotatable bonds is 4. The number of ether oxygens (including phenoxy) is 1. The van der Waals surface area contributed by atoms with Crippen molar-refractivity contribution in [3.63, 3.8) is 0 Å². The van der Waals surface area contributed by atoms with E-state index in [-0.39, 0.29) is 5.75 Å². The topological polar surface area (TPSA) is 105 Å². The number of benzene rings is 1. The molecule has 0 aliphatic carbocycles. The minimum atomic E-state index is -1.38. The first-order chi connectivity index (χ1) is 8.90. The van der Waals surface area contributed by atoms with Gasteiger partial charge in [-0.25, -0.2) is 9.18 Å². The molecule has 0 unspecified atom stereocenters. The predicted octanol–water partition coefficient (Wildman–Crippen LogP) is 0.0700. The Kier molecular flexibility index (Phi) is 4.81. The van der Waals surface area contributed by atoms with E-state index < -0.39 is 35.8 Å². The molecule has 0 saturated heterocycles. The Balaban J connectivity index is 2.65. The summed E-state index contributed by atoms with van der Waals surface area (Å²) in [7, 11) is 0. The van der Waals surface area contributed by atoms with Crippen LogP contribution in [0.15, 0.2) is 18.2 Å². The number of amides is 2. The van der Waals surface area contributed by atoms with E-state index in [1.807, 2.05) is 10.9 Å². The average molecular weight is 270 g/mol. The Morgan fingerprint density at radius 1 is 1.32 bits per heavy atom. The van der Waals surface area contributed by atoms with Crippen molar-refractivity contribution < 1.29 is 28.6 Å². The zero-order chi connectivity index (χ0) is 14.4. The monoisotopic (exact) mass is 270 g/mol. The van der Waals surface area contributed by atoms with Crippen molar-refractivity contribution in [2.24, 2.45) is 0 Å². The van der Waals surface area contributed by atoms with Crippen LogP contribution in [0.3, 0.4) is 0 Å². The van der Waals surface area contributed by atoms with E-state index in [9.17, 15) is 18.8 Å². The number of carbonyl (C=O) groups is 3. The molecule has 102 valence electrons. The van der Waals surface area contributed by atoms with Gasteiger partial charge in [0.05, 0.1) is 0 Å². The maximum absolute atomic E-state index is 12.9. The smallest absolute Gasteiger partial charge is 0.339 e. The summed E-state index contributed by atoms with van der Waals surface area (Å²) in [6.07, 6.45) is 0. The number of hydrogen-bond donors (Lipinski definition) is 3. The fourth-order valence-corrected chi connectivity index (χ4v) is 1.13. The van der Waals surface area contributed by atoms with Gasteiger partial charge in [0, 0.05) is 6.92 Å². The minimum Gasteiger partial charge on any atom is -0.483 e. The molecule has 0 spiro atoms. The number of nitrogens with one attached hydrogen (secondary N) is 2. The number of halogens is 1. The van der Waals surface area contributed by atoms with Gasteiger partial charge in [0.15, 0.2) is 6.61 Å². The molecule has 8 heteroatoms. The van der Waals surface area contributed by atoms with Crippen molar-refractivity contribution in [1.29, 1.82) is 0 Å². The highest BCUT2D eigenvalue weighted by Crippen LogP contribution is 2.19. The first-order valence-corrected chi connectivity index (χ1v) is 5.11. The van der Waals surface area contributed by atoms with Crippen molar-refractivity contribution in [3.8, 4) is 5.75 Å². The number of carboxylic acids is 1. The van der Waals surface area contributed by atoms with E-state index in [4.69, 9.17) is 9.84 Å². The van der Waals surface area contributed by atoms with Crippen LogP contribution in [0.2, 0.25) is 0 Å². The van der Waals surface area contributed by atoms with Crippen LogP contribution < -0.4 is 15.6 Å². The molecule has 0 radical (unpaired) electrons. The zero-order valence-electron chi connectivity index (χ0n) is 9.90. The molecule has 0 aliphatic rings. The lowest BCUT2D eigenvalue weighted by molar-refractivity contribution is -0.129. The molecule has 1 rings (SSSR count). The van der Waals surface area contributed by atoms with E-state index in [2.05, 4.69) is 0 Å². The van der Waals surface area contributed by atoms with Gasteiger partial charge in [-0.3, -0.25) is 20.4 Å². The molecular formula is C11H11FN2O5. The Bertz CT molecular complexity index is 518. The van der Waals surface area contributed by atoms with E-state index in [1.165, 1.54) is 6.92 Å². The summed E-state index contributed by atoms with van der Waals surface area (Å²) >= 11 is 0.